The van der Waals surface area contributed by atoms with Crippen LogP contribution in [-0.2, 0) is 6.42 Å². The van der Waals surface area contributed by atoms with E-state index in [4.69, 9.17) is 4.74 Å². The predicted molar refractivity (Wildman–Crippen MR) is 74.1 cm³/mol. The SMILES string of the molecule is COc1ccc2nc(CCCNC(C)C)[nH]c2c1. The van der Waals surface area contributed by atoms with E-state index in [-0.39, 0.29) is 0 Å². The van der Waals surface area contributed by atoms with Crippen molar-refractivity contribution in [1.82, 2.24) is 15.3 Å². The lowest BCUT2D eigenvalue weighted by molar-refractivity contribution is 0.415. The lowest BCUT2D eigenvalue weighted by Crippen LogP contribution is -2.24. The molecule has 4 heteroatoms. The maximum atomic E-state index is 5.20. The molecule has 1 aromatic heterocycles. The molecule has 0 bridgehead atoms. The third-order valence-corrected chi connectivity index (χ3v) is 2.88. The number of ether oxygens (including phenoxy) is 1. The van der Waals surface area contributed by atoms with Gasteiger partial charge in [0, 0.05) is 18.5 Å². The summed E-state index contributed by atoms with van der Waals surface area (Å²) in [5.41, 5.74) is 2.05. The molecule has 0 fully saturated rings. The van der Waals surface area contributed by atoms with Gasteiger partial charge in [-0.1, -0.05) is 13.8 Å². The molecule has 0 radical (unpaired) electrons. The third-order valence-electron chi connectivity index (χ3n) is 2.88. The van der Waals surface area contributed by atoms with Crippen molar-refractivity contribution in [3.63, 3.8) is 0 Å². The van der Waals surface area contributed by atoms with Crippen molar-refractivity contribution < 1.29 is 4.74 Å². The second-order valence-electron chi connectivity index (χ2n) is 4.78. The van der Waals surface area contributed by atoms with Gasteiger partial charge in [0.2, 0.25) is 0 Å². The van der Waals surface area contributed by atoms with Crippen molar-refractivity contribution in [1.29, 1.82) is 0 Å². The first-order valence-electron chi connectivity index (χ1n) is 6.45. The molecule has 0 saturated heterocycles. The first kappa shape index (κ1) is 12.9. The highest BCUT2D eigenvalue weighted by atomic mass is 16.5. The summed E-state index contributed by atoms with van der Waals surface area (Å²) in [5, 5.41) is 3.41. The van der Waals surface area contributed by atoms with Crippen molar-refractivity contribution in [3.8, 4) is 5.75 Å². The Morgan fingerprint density at radius 2 is 2.22 bits per heavy atom. The van der Waals surface area contributed by atoms with Crippen LogP contribution in [0.25, 0.3) is 11.0 Å². The largest absolute Gasteiger partial charge is 0.497 e. The van der Waals surface area contributed by atoms with Crippen LogP contribution in [-0.4, -0.2) is 29.7 Å². The Balaban J connectivity index is 1.97. The van der Waals surface area contributed by atoms with Crippen molar-refractivity contribution in [2.75, 3.05) is 13.7 Å². The molecular weight excluding hydrogens is 226 g/mol. The van der Waals surface area contributed by atoms with E-state index in [2.05, 4.69) is 29.1 Å². The van der Waals surface area contributed by atoms with Crippen LogP contribution in [0.4, 0.5) is 0 Å². The molecule has 1 aromatic carbocycles. The molecule has 0 aliphatic carbocycles. The molecule has 4 nitrogen and oxygen atoms in total. The molecule has 2 rings (SSSR count). The van der Waals surface area contributed by atoms with Crippen LogP contribution in [0.1, 0.15) is 26.1 Å². The van der Waals surface area contributed by atoms with Gasteiger partial charge in [-0.25, -0.2) is 4.98 Å². The number of rotatable bonds is 6. The van der Waals surface area contributed by atoms with Crippen molar-refractivity contribution in [3.05, 3.63) is 24.0 Å². The van der Waals surface area contributed by atoms with E-state index in [9.17, 15) is 0 Å². The minimum Gasteiger partial charge on any atom is -0.497 e. The van der Waals surface area contributed by atoms with Gasteiger partial charge >= 0.3 is 0 Å². The highest BCUT2D eigenvalue weighted by Gasteiger charge is 2.04. The lowest BCUT2D eigenvalue weighted by Gasteiger charge is -2.06. The molecule has 0 unspecified atom stereocenters. The first-order chi connectivity index (χ1) is 8.69. The summed E-state index contributed by atoms with van der Waals surface area (Å²) in [5.74, 6) is 1.91. The first-order valence-corrected chi connectivity index (χ1v) is 6.45. The topological polar surface area (TPSA) is 49.9 Å². The number of aryl methyl sites for hydroxylation is 1. The van der Waals surface area contributed by atoms with E-state index in [1.807, 2.05) is 18.2 Å². The maximum Gasteiger partial charge on any atom is 0.121 e. The van der Waals surface area contributed by atoms with Gasteiger partial charge in [-0.05, 0) is 25.1 Å². The number of hydrogen-bond acceptors (Lipinski definition) is 3. The Hall–Kier alpha value is -1.55. The van der Waals surface area contributed by atoms with Gasteiger partial charge in [0.25, 0.3) is 0 Å². The van der Waals surface area contributed by atoms with Crippen molar-refractivity contribution in [2.45, 2.75) is 32.7 Å². The number of imidazole rings is 1. The zero-order chi connectivity index (χ0) is 13.0. The molecular formula is C14H21N3O. The molecule has 0 amide bonds. The molecule has 0 atom stereocenters. The zero-order valence-electron chi connectivity index (χ0n) is 11.3. The molecule has 18 heavy (non-hydrogen) atoms. The molecule has 98 valence electrons. The fourth-order valence-corrected chi connectivity index (χ4v) is 1.93. The monoisotopic (exact) mass is 247 g/mol. The number of nitrogens with zero attached hydrogens (tertiary/aromatic N) is 1. The Morgan fingerprint density at radius 3 is 2.94 bits per heavy atom. The number of H-pyrrole nitrogens is 1. The summed E-state index contributed by atoms with van der Waals surface area (Å²) in [4.78, 5) is 7.91. The number of benzene rings is 1. The van der Waals surface area contributed by atoms with E-state index >= 15 is 0 Å². The number of fused-ring (bicyclic) bond motifs is 1. The second-order valence-corrected chi connectivity index (χ2v) is 4.78. The molecule has 0 saturated carbocycles. The van der Waals surface area contributed by atoms with E-state index in [1.54, 1.807) is 7.11 Å². The lowest BCUT2D eigenvalue weighted by atomic mass is 10.3. The number of methoxy groups -OCH3 is 1. The highest BCUT2D eigenvalue weighted by molar-refractivity contribution is 5.76. The molecule has 0 aliphatic heterocycles. The Labute approximate surface area is 108 Å². The highest BCUT2D eigenvalue weighted by Crippen LogP contribution is 2.18. The summed E-state index contributed by atoms with van der Waals surface area (Å²) in [6.07, 6.45) is 2.06. The minimum atomic E-state index is 0.546. The van der Waals surface area contributed by atoms with Crippen LogP contribution in [0.15, 0.2) is 18.2 Å². The quantitative estimate of drug-likeness (QED) is 0.771. The zero-order valence-corrected chi connectivity index (χ0v) is 11.3. The van der Waals surface area contributed by atoms with Crippen LogP contribution in [0.3, 0.4) is 0 Å². The van der Waals surface area contributed by atoms with Crippen LogP contribution >= 0.6 is 0 Å². The smallest absolute Gasteiger partial charge is 0.121 e. The summed E-state index contributed by atoms with van der Waals surface area (Å²) < 4.78 is 5.20. The van der Waals surface area contributed by atoms with E-state index < -0.39 is 0 Å². The normalized spacial score (nSPS) is 11.3. The van der Waals surface area contributed by atoms with Crippen LogP contribution in [0.5, 0.6) is 5.75 Å². The molecule has 2 aromatic rings. The number of nitrogens with one attached hydrogen (secondary N) is 2. The molecule has 0 aliphatic rings. The average Bonchev–Trinajstić information content (AvgIpc) is 2.75. The summed E-state index contributed by atoms with van der Waals surface area (Å²) in [6.45, 7) is 5.35. The van der Waals surface area contributed by atoms with Crippen LogP contribution in [0.2, 0.25) is 0 Å². The van der Waals surface area contributed by atoms with Crippen molar-refractivity contribution in [2.24, 2.45) is 0 Å². The summed E-state index contributed by atoms with van der Waals surface area (Å²) in [6, 6.07) is 6.45. The van der Waals surface area contributed by atoms with Gasteiger partial charge in [-0.2, -0.15) is 0 Å². The van der Waals surface area contributed by atoms with E-state index in [1.165, 1.54) is 0 Å². The van der Waals surface area contributed by atoms with Gasteiger partial charge in [0.1, 0.15) is 11.6 Å². The maximum absolute atomic E-state index is 5.20. The Bertz CT molecular complexity index is 505. The Morgan fingerprint density at radius 1 is 1.39 bits per heavy atom. The molecule has 2 N–H and O–H groups in total. The molecule has 0 spiro atoms. The van der Waals surface area contributed by atoms with Gasteiger partial charge in [-0.3, -0.25) is 0 Å². The van der Waals surface area contributed by atoms with E-state index in [0.717, 1.165) is 42.0 Å². The number of hydrogen-bond donors (Lipinski definition) is 2. The fraction of sp³-hybridized carbons (Fsp3) is 0.500. The molecule has 1 heterocycles. The summed E-state index contributed by atoms with van der Waals surface area (Å²) >= 11 is 0. The van der Waals surface area contributed by atoms with Crippen LogP contribution < -0.4 is 10.1 Å². The Kier molecular flexibility index (Phi) is 4.20. The van der Waals surface area contributed by atoms with Gasteiger partial charge in [0.05, 0.1) is 18.1 Å². The third kappa shape index (κ3) is 3.23. The van der Waals surface area contributed by atoms with Crippen molar-refractivity contribution >= 4 is 11.0 Å². The number of aromatic amines is 1. The standard InChI is InChI=1S/C14H21N3O/c1-10(2)15-8-4-5-14-16-12-7-6-11(18-3)9-13(12)17-14/h6-7,9-10,15H,4-5,8H2,1-3H3,(H,16,17). The van der Waals surface area contributed by atoms with Gasteiger partial charge in [0.15, 0.2) is 0 Å². The van der Waals surface area contributed by atoms with Gasteiger partial charge in [-0.15, -0.1) is 0 Å². The van der Waals surface area contributed by atoms with E-state index in [0.29, 0.717) is 6.04 Å². The predicted octanol–water partition coefficient (Wildman–Crippen LogP) is 2.50. The fourth-order valence-electron chi connectivity index (χ4n) is 1.93. The second kappa shape index (κ2) is 5.87. The van der Waals surface area contributed by atoms with Crippen LogP contribution in [0, 0.1) is 0 Å². The number of aromatic nitrogens is 2. The average molecular weight is 247 g/mol. The summed E-state index contributed by atoms with van der Waals surface area (Å²) in [7, 11) is 1.68. The van der Waals surface area contributed by atoms with Gasteiger partial charge < -0.3 is 15.0 Å². The minimum absolute atomic E-state index is 0.546.